The van der Waals surface area contributed by atoms with Gasteiger partial charge in [-0.25, -0.2) is 9.82 Å². The second-order valence-corrected chi connectivity index (χ2v) is 3.13. The van der Waals surface area contributed by atoms with E-state index >= 15 is 0 Å². The zero-order valence-electron chi connectivity index (χ0n) is 4.37. The van der Waals surface area contributed by atoms with E-state index in [-0.39, 0.29) is 0 Å². The van der Waals surface area contributed by atoms with Gasteiger partial charge in [-0.3, -0.25) is 0 Å². The Balaban J connectivity index is 2.53. The van der Waals surface area contributed by atoms with Crippen LogP contribution in [0.1, 0.15) is 4.88 Å². The van der Waals surface area contributed by atoms with Gasteiger partial charge in [0, 0.05) is 11.9 Å². The number of rotatable bonds is 0. The molecule has 0 bridgehead atoms. The van der Waals surface area contributed by atoms with Gasteiger partial charge in [-0.2, -0.15) is 5.10 Å². The van der Waals surface area contributed by atoms with Crippen LogP contribution in [0.25, 0.3) is 0 Å². The van der Waals surface area contributed by atoms with Crippen LogP contribution in [0.15, 0.2) is 15.6 Å². The summed E-state index contributed by atoms with van der Waals surface area (Å²) in [6, 6.07) is 0. The monoisotopic (exact) mass is 157 g/mol. The zero-order chi connectivity index (χ0) is 6.10. The molecule has 0 aliphatic carbocycles. The molecular weight excluding hydrogens is 154 g/mol. The van der Waals surface area contributed by atoms with E-state index in [4.69, 9.17) is 0 Å². The van der Waals surface area contributed by atoms with Crippen LogP contribution in [0.5, 0.6) is 0 Å². The smallest absolute Gasteiger partial charge is 0.138 e. The molecule has 2 heterocycles. The summed E-state index contributed by atoms with van der Waals surface area (Å²) in [6.45, 7) is 0. The van der Waals surface area contributed by atoms with Gasteiger partial charge in [0.15, 0.2) is 0 Å². The highest BCUT2D eigenvalue weighted by Crippen LogP contribution is 2.22. The second-order valence-electron chi connectivity index (χ2n) is 1.47. The van der Waals surface area contributed by atoms with E-state index in [1.165, 1.54) is 11.9 Å². The molecule has 0 radical (unpaired) electrons. The lowest BCUT2D eigenvalue weighted by molar-refractivity contribution is 1.07. The van der Waals surface area contributed by atoms with Gasteiger partial charge in [-0.1, -0.05) is 0 Å². The largest absolute Gasteiger partial charge is 0.246 e. The van der Waals surface area contributed by atoms with Gasteiger partial charge >= 0.3 is 0 Å². The topological polar surface area (TPSA) is 37.3 Å². The Morgan fingerprint density at radius 2 is 2.56 bits per heavy atom. The van der Waals surface area contributed by atoms with Crippen LogP contribution < -0.4 is 4.83 Å². The molecule has 5 heteroatoms. The molecule has 0 saturated heterocycles. The molecule has 0 unspecified atom stereocenters. The van der Waals surface area contributed by atoms with Crippen LogP contribution >= 0.6 is 23.3 Å². The van der Waals surface area contributed by atoms with Crippen molar-refractivity contribution in [2.24, 2.45) is 5.10 Å². The number of hydrazone groups is 1. The molecule has 0 saturated carbocycles. The van der Waals surface area contributed by atoms with Crippen molar-refractivity contribution in [3.8, 4) is 0 Å². The fourth-order valence-corrected chi connectivity index (χ4v) is 1.89. The predicted molar refractivity (Wildman–Crippen MR) is 38.7 cm³/mol. The summed E-state index contributed by atoms with van der Waals surface area (Å²) in [6.07, 6.45) is 1.78. The average Bonchev–Trinajstić information content (AvgIpc) is 2.33. The molecule has 3 nitrogen and oxygen atoms in total. The van der Waals surface area contributed by atoms with E-state index in [2.05, 4.69) is 14.9 Å². The molecule has 1 N–H and O–H groups in total. The predicted octanol–water partition coefficient (Wildman–Crippen LogP) is 1.09. The second kappa shape index (κ2) is 2.00. The Kier molecular flexibility index (Phi) is 1.17. The van der Waals surface area contributed by atoms with E-state index < -0.39 is 0 Å². The van der Waals surface area contributed by atoms with E-state index in [1.807, 2.05) is 5.51 Å². The van der Waals surface area contributed by atoms with Crippen LogP contribution in [0, 0.1) is 0 Å². The van der Waals surface area contributed by atoms with E-state index in [0.717, 1.165) is 9.90 Å². The number of nitrogens with zero attached hydrogens (tertiary/aromatic N) is 2. The fraction of sp³-hybridized carbons (Fsp3) is 0. The van der Waals surface area contributed by atoms with Crippen LogP contribution in [0.2, 0.25) is 0 Å². The van der Waals surface area contributed by atoms with E-state index in [0.29, 0.717) is 0 Å². The molecule has 0 aromatic carbocycles. The maximum absolute atomic E-state index is 4.08. The Morgan fingerprint density at radius 3 is 3.44 bits per heavy atom. The highest BCUT2D eigenvalue weighted by molar-refractivity contribution is 7.97. The summed E-state index contributed by atoms with van der Waals surface area (Å²) >= 11 is 3.05. The first-order chi connectivity index (χ1) is 4.47. The summed E-state index contributed by atoms with van der Waals surface area (Å²) < 4.78 is 0. The SMILES string of the molecule is C1=NNSc2ncsc21. The highest BCUT2D eigenvalue weighted by atomic mass is 32.2. The summed E-state index contributed by atoms with van der Waals surface area (Å²) in [5.41, 5.74) is 1.82. The normalized spacial score (nSPS) is 14.7. The van der Waals surface area contributed by atoms with Gasteiger partial charge in [-0.15, -0.1) is 11.3 Å². The van der Waals surface area contributed by atoms with E-state index in [9.17, 15) is 0 Å². The Bertz CT molecular complexity index is 242. The summed E-state index contributed by atoms with van der Waals surface area (Å²) in [4.78, 5) is 7.98. The fourth-order valence-electron chi connectivity index (χ4n) is 0.562. The Morgan fingerprint density at radius 1 is 1.56 bits per heavy atom. The third kappa shape index (κ3) is 0.818. The van der Waals surface area contributed by atoms with Crippen LogP contribution in [-0.2, 0) is 0 Å². The first-order valence-electron chi connectivity index (χ1n) is 2.35. The van der Waals surface area contributed by atoms with Gasteiger partial charge in [0.25, 0.3) is 0 Å². The molecule has 46 valence electrons. The van der Waals surface area contributed by atoms with Crippen molar-refractivity contribution in [3.63, 3.8) is 0 Å². The summed E-state index contributed by atoms with van der Waals surface area (Å²) in [7, 11) is 0. The Labute approximate surface area is 60.3 Å². The van der Waals surface area contributed by atoms with Crippen molar-refractivity contribution in [2.45, 2.75) is 5.03 Å². The average molecular weight is 157 g/mol. The van der Waals surface area contributed by atoms with Crippen molar-refractivity contribution in [1.82, 2.24) is 9.82 Å². The molecular formula is C4H3N3S2. The van der Waals surface area contributed by atoms with Crippen molar-refractivity contribution >= 4 is 29.5 Å². The molecule has 0 amide bonds. The lowest BCUT2D eigenvalue weighted by Crippen LogP contribution is -1.99. The third-order valence-corrected chi connectivity index (χ3v) is 2.55. The molecule has 0 atom stereocenters. The first-order valence-corrected chi connectivity index (χ1v) is 4.05. The molecule has 1 aliphatic heterocycles. The molecule has 9 heavy (non-hydrogen) atoms. The molecule has 1 aromatic heterocycles. The van der Waals surface area contributed by atoms with Crippen molar-refractivity contribution in [2.75, 3.05) is 0 Å². The highest BCUT2D eigenvalue weighted by Gasteiger charge is 2.06. The molecule has 0 fully saturated rings. The lowest BCUT2D eigenvalue weighted by Gasteiger charge is -2.00. The van der Waals surface area contributed by atoms with Crippen molar-refractivity contribution < 1.29 is 0 Å². The standard InChI is InChI=1S/C4H3N3S2/c1-3-4(5-2-8-3)9-7-6-1/h1-2,7H. The van der Waals surface area contributed by atoms with Gasteiger partial charge in [0.05, 0.1) is 16.6 Å². The van der Waals surface area contributed by atoms with Crippen LogP contribution in [0.3, 0.4) is 0 Å². The molecule has 0 spiro atoms. The van der Waals surface area contributed by atoms with Crippen molar-refractivity contribution in [3.05, 3.63) is 10.4 Å². The van der Waals surface area contributed by atoms with Crippen LogP contribution in [-0.4, -0.2) is 11.2 Å². The van der Waals surface area contributed by atoms with Gasteiger partial charge in [0.1, 0.15) is 5.03 Å². The maximum Gasteiger partial charge on any atom is 0.138 e. The summed E-state index contributed by atoms with van der Waals surface area (Å²) in [5, 5.41) is 4.87. The maximum atomic E-state index is 4.08. The van der Waals surface area contributed by atoms with E-state index in [1.54, 1.807) is 17.6 Å². The van der Waals surface area contributed by atoms with Crippen molar-refractivity contribution in [1.29, 1.82) is 0 Å². The third-order valence-electron chi connectivity index (χ3n) is 0.937. The number of aromatic nitrogens is 1. The van der Waals surface area contributed by atoms with Gasteiger partial charge < -0.3 is 0 Å². The number of nitrogens with one attached hydrogen (secondary N) is 1. The number of hydrogen-bond donors (Lipinski definition) is 1. The minimum Gasteiger partial charge on any atom is -0.246 e. The lowest BCUT2D eigenvalue weighted by atomic mass is 10.6. The zero-order valence-corrected chi connectivity index (χ0v) is 6.00. The number of thiazole rings is 1. The minimum absolute atomic E-state index is 1.02. The minimum atomic E-state index is 1.02. The summed E-state index contributed by atoms with van der Waals surface area (Å²) in [5.74, 6) is 0. The number of hydrogen-bond acceptors (Lipinski definition) is 5. The van der Waals surface area contributed by atoms with Gasteiger partial charge in [-0.05, 0) is 0 Å². The first kappa shape index (κ1) is 5.25. The molecule has 1 aliphatic rings. The number of fused-ring (bicyclic) bond motifs is 1. The quantitative estimate of drug-likeness (QED) is 0.573. The van der Waals surface area contributed by atoms with Crippen LogP contribution in [0.4, 0.5) is 0 Å². The molecule has 1 aromatic rings. The Hall–Kier alpha value is -0.550. The molecule has 2 rings (SSSR count). The van der Waals surface area contributed by atoms with Gasteiger partial charge in [0.2, 0.25) is 0 Å².